The molecule has 0 radical (unpaired) electrons. The summed E-state index contributed by atoms with van der Waals surface area (Å²) in [6.07, 6.45) is 1.24. The average Bonchev–Trinajstić information content (AvgIpc) is 2.52. The van der Waals surface area contributed by atoms with Crippen molar-refractivity contribution in [1.82, 2.24) is 10.2 Å². The third-order valence-electron chi connectivity index (χ3n) is 3.85. The first-order valence-corrected chi connectivity index (χ1v) is 8.48. The van der Waals surface area contributed by atoms with E-state index in [1.807, 2.05) is 36.1 Å². The summed E-state index contributed by atoms with van der Waals surface area (Å²) in [4.78, 5) is 14.2. The van der Waals surface area contributed by atoms with Crippen LogP contribution in [0.2, 0.25) is 0 Å². The normalized spacial score (nSPS) is 21.1. The highest BCUT2D eigenvalue weighted by Gasteiger charge is 2.24. The molecular weight excluding hydrogens is 292 g/mol. The molecule has 0 spiro atoms. The fraction of sp³-hybridized carbons (Fsp3) is 0.611. The van der Waals surface area contributed by atoms with Crippen LogP contribution in [0.3, 0.4) is 0 Å². The van der Waals surface area contributed by atoms with Crippen molar-refractivity contribution in [3.8, 4) is 11.5 Å². The van der Waals surface area contributed by atoms with Gasteiger partial charge in [-0.25, -0.2) is 0 Å². The van der Waals surface area contributed by atoms with E-state index in [2.05, 4.69) is 19.2 Å². The standard InChI is InChI=1S/C18H28N2O3/c1-4-22-16-8-5-6-9-17(16)23-11-7-10-18(21)20-12-14(2)19-15(3)13-20/h5-6,8-9,14-15,19H,4,7,10-13H2,1-3H3/t14-,15-/m1/s1. The molecule has 1 saturated heterocycles. The molecule has 0 bridgehead atoms. The number of hydrogen-bond acceptors (Lipinski definition) is 4. The van der Waals surface area contributed by atoms with E-state index in [1.165, 1.54) is 0 Å². The van der Waals surface area contributed by atoms with E-state index < -0.39 is 0 Å². The monoisotopic (exact) mass is 320 g/mol. The fourth-order valence-electron chi connectivity index (χ4n) is 2.94. The minimum Gasteiger partial charge on any atom is -0.490 e. The summed E-state index contributed by atoms with van der Waals surface area (Å²) < 4.78 is 11.3. The highest BCUT2D eigenvalue weighted by Crippen LogP contribution is 2.26. The average molecular weight is 320 g/mol. The molecular formula is C18H28N2O3. The highest BCUT2D eigenvalue weighted by atomic mass is 16.5. The van der Waals surface area contributed by atoms with Crippen molar-refractivity contribution >= 4 is 5.91 Å². The van der Waals surface area contributed by atoms with Gasteiger partial charge in [-0.3, -0.25) is 4.79 Å². The third-order valence-corrected chi connectivity index (χ3v) is 3.85. The molecule has 1 heterocycles. The number of nitrogens with one attached hydrogen (secondary N) is 1. The molecule has 1 amide bonds. The molecule has 5 nitrogen and oxygen atoms in total. The minimum absolute atomic E-state index is 0.215. The molecule has 0 aromatic heterocycles. The van der Waals surface area contributed by atoms with Gasteiger partial charge >= 0.3 is 0 Å². The molecule has 128 valence electrons. The number of benzene rings is 1. The second-order valence-corrected chi connectivity index (χ2v) is 6.10. The van der Waals surface area contributed by atoms with Crippen molar-refractivity contribution in [2.45, 2.75) is 45.7 Å². The lowest BCUT2D eigenvalue weighted by molar-refractivity contribution is -0.133. The topological polar surface area (TPSA) is 50.8 Å². The molecule has 2 rings (SSSR count). The number of carbonyl (C=O) groups excluding carboxylic acids is 1. The number of ether oxygens (including phenoxy) is 2. The van der Waals surface area contributed by atoms with Crippen LogP contribution in [0.4, 0.5) is 0 Å². The summed E-state index contributed by atoms with van der Waals surface area (Å²) in [5.41, 5.74) is 0. The maximum absolute atomic E-state index is 12.3. The number of carbonyl (C=O) groups is 1. The van der Waals surface area contributed by atoms with Crippen LogP contribution in [0, 0.1) is 0 Å². The molecule has 1 aromatic rings. The summed E-state index contributed by atoms with van der Waals surface area (Å²) >= 11 is 0. The summed E-state index contributed by atoms with van der Waals surface area (Å²) in [5.74, 6) is 1.71. The summed E-state index contributed by atoms with van der Waals surface area (Å²) in [5, 5.41) is 3.44. The van der Waals surface area contributed by atoms with E-state index >= 15 is 0 Å². The first-order valence-electron chi connectivity index (χ1n) is 8.48. The first-order chi connectivity index (χ1) is 11.1. The second-order valence-electron chi connectivity index (χ2n) is 6.10. The molecule has 5 heteroatoms. The van der Waals surface area contributed by atoms with Gasteiger partial charge < -0.3 is 19.7 Å². The predicted molar refractivity (Wildman–Crippen MR) is 91.0 cm³/mol. The van der Waals surface area contributed by atoms with E-state index in [0.717, 1.165) is 24.6 Å². The van der Waals surface area contributed by atoms with Crippen molar-refractivity contribution < 1.29 is 14.3 Å². The van der Waals surface area contributed by atoms with E-state index in [-0.39, 0.29) is 5.91 Å². The Morgan fingerprint density at radius 2 is 1.78 bits per heavy atom. The van der Waals surface area contributed by atoms with Gasteiger partial charge in [0.1, 0.15) is 0 Å². The lowest BCUT2D eigenvalue weighted by atomic mass is 10.1. The lowest BCUT2D eigenvalue weighted by Gasteiger charge is -2.36. The maximum Gasteiger partial charge on any atom is 0.222 e. The number of hydrogen-bond donors (Lipinski definition) is 1. The molecule has 1 aromatic carbocycles. The number of rotatable bonds is 7. The van der Waals surface area contributed by atoms with Gasteiger partial charge in [0.15, 0.2) is 11.5 Å². The van der Waals surface area contributed by atoms with Crippen molar-refractivity contribution in [1.29, 1.82) is 0 Å². The Kier molecular flexibility index (Phi) is 6.71. The van der Waals surface area contributed by atoms with Crippen molar-refractivity contribution in [3.63, 3.8) is 0 Å². The molecule has 2 atom stereocenters. The molecule has 0 saturated carbocycles. The van der Waals surface area contributed by atoms with E-state index in [1.54, 1.807) is 0 Å². The molecule has 1 aliphatic rings. The number of piperazine rings is 1. The minimum atomic E-state index is 0.215. The number of para-hydroxylation sites is 2. The molecule has 0 unspecified atom stereocenters. The van der Waals surface area contributed by atoms with Gasteiger partial charge in [-0.05, 0) is 39.3 Å². The molecule has 1 fully saturated rings. The SMILES string of the molecule is CCOc1ccccc1OCCCC(=O)N1C[C@@H](C)N[C@H](C)C1. The van der Waals surface area contributed by atoms with Crippen molar-refractivity contribution in [2.75, 3.05) is 26.3 Å². The highest BCUT2D eigenvalue weighted by molar-refractivity contribution is 5.76. The van der Waals surface area contributed by atoms with Gasteiger partial charge in [0, 0.05) is 31.6 Å². The van der Waals surface area contributed by atoms with Gasteiger partial charge in [-0.15, -0.1) is 0 Å². The lowest BCUT2D eigenvalue weighted by Crippen LogP contribution is -2.55. The Morgan fingerprint density at radius 3 is 2.39 bits per heavy atom. The number of nitrogens with zero attached hydrogens (tertiary/aromatic N) is 1. The van der Waals surface area contributed by atoms with Crippen LogP contribution in [0.15, 0.2) is 24.3 Å². The fourth-order valence-corrected chi connectivity index (χ4v) is 2.94. The molecule has 23 heavy (non-hydrogen) atoms. The summed E-state index contributed by atoms with van der Waals surface area (Å²) in [7, 11) is 0. The zero-order valence-corrected chi connectivity index (χ0v) is 14.4. The Bertz CT molecular complexity index is 497. The van der Waals surface area contributed by atoms with Crippen LogP contribution in [-0.2, 0) is 4.79 Å². The van der Waals surface area contributed by atoms with Crippen LogP contribution < -0.4 is 14.8 Å². The third kappa shape index (κ3) is 5.43. The predicted octanol–water partition coefficient (Wildman–Crippen LogP) is 2.45. The van der Waals surface area contributed by atoms with Crippen molar-refractivity contribution in [3.05, 3.63) is 24.3 Å². The second kappa shape index (κ2) is 8.77. The van der Waals surface area contributed by atoms with Gasteiger partial charge in [-0.2, -0.15) is 0 Å². The molecule has 1 N–H and O–H groups in total. The van der Waals surface area contributed by atoms with E-state index in [0.29, 0.717) is 38.1 Å². The zero-order chi connectivity index (χ0) is 16.7. The quantitative estimate of drug-likeness (QED) is 0.784. The summed E-state index contributed by atoms with van der Waals surface area (Å²) in [6, 6.07) is 8.36. The maximum atomic E-state index is 12.3. The summed E-state index contributed by atoms with van der Waals surface area (Å²) in [6.45, 7) is 8.89. The number of amides is 1. The van der Waals surface area contributed by atoms with E-state index in [9.17, 15) is 4.79 Å². The zero-order valence-electron chi connectivity index (χ0n) is 14.4. The smallest absolute Gasteiger partial charge is 0.222 e. The van der Waals surface area contributed by atoms with Crippen molar-refractivity contribution in [2.24, 2.45) is 0 Å². The van der Waals surface area contributed by atoms with Gasteiger partial charge in [0.25, 0.3) is 0 Å². The van der Waals surface area contributed by atoms with Gasteiger partial charge in [0.2, 0.25) is 5.91 Å². The van der Waals surface area contributed by atoms with Crippen LogP contribution in [0.25, 0.3) is 0 Å². The van der Waals surface area contributed by atoms with Gasteiger partial charge in [0.05, 0.1) is 13.2 Å². The molecule has 0 aliphatic carbocycles. The Hall–Kier alpha value is -1.75. The van der Waals surface area contributed by atoms with Gasteiger partial charge in [-0.1, -0.05) is 12.1 Å². The largest absolute Gasteiger partial charge is 0.490 e. The Labute approximate surface area is 139 Å². The Balaban J connectivity index is 1.74. The van der Waals surface area contributed by atoms with Crippen LogP contribution in [0.1, 0.15) is 33.6 Å². The van der Waals surface area contributed by atoms with Crippen LogP contribution in [0.5, 0.6) is 11.5 Å². The van der Waals surface area contributed by atoms with Crippen LogP contribution in [-0.4, -0.2) is 49.2 Å². The molecule has 1 aliphatic heterocycles. The van der Waals surface area contributed by atoms with E-state index in [4.69, 9.17) is 9.47 Å². The first kappa shape index (κ1) is 17.6. The Morgan fingerprint density at radius 1 is 1.17 bits per heavy atom. The van der Waals surface area contributed by atoms with Crippen LogP contribution >= 0.6 is 0 Å².